The highest BCUT2D eigenvalue weighted by Crippen LogP contribution is 2.22. The molecule has 0 bridgehead atoms. The molecule has 2 atom stereocenters. The maximum Gasteiger partial charge on any atom is 0.0558 e. The van der Waals surface area contributed by atoms with Crippen LogP contribution in [0.15, 0.2) is 0 Å². The Bertz CT molecular complexity index is 221. The summed E-state index contributed by atoms with van der Waals surface area (Å²) in [4.78, 5) is 2.48. The standard InChI is InChI=1S/C17H36N2O/c1-16(18)10-7-5-3-2-4-6-8-11-17-12-9-13-19(17)14-15-20/h16-17,20H,2-15,18H2,1H3. The Kier molecular flexibility index (Phi) is 10.3. The molecule has 0 amide bonds. The quantitative estimate of drug-likeness (QED) is 0.541. The molecule has 1 heterocycles. The fourth-order valence-corrected chi connectivity index (χ4v) is 3.38. The van der Waals surface area contributed by atoms with Gasteiger partial charge in [-0.25, -0.2) is 0 Å². The predicted octanol–water partition coefficient (Wildman–Crippen LogP) is 3.30. The molecule has 0 aromatic heterocycles. The van der Waals surface area contributed by atoms with Gasteiger partial charge in [0, 0.05) is 18.6 Å². The topological polar surface area (TPSA) is 49.5 Å². The van der Waals surface area contributed by atoms with Gasteiger partial charge in [-0.2, -0.15) is 0 Å². The molecule has 0 radical (unpaired) electrons. The van der Waals surface area contributed by atoms with E-state index in [0.717, 1.165) is 12.6 Å². The summed E-state index contributed by atoms with van der Waals surface area (Å²) in [5, 5.41) is 9.04. The largest absolute Gasteiger partial charge is 0.395 e. The first-order chi connectivity index (χ1) is 9.74. The number of aliphatic hydroxyl groups excluding tert-OH is 1. The molecule has 0 aromatic rings. The molecule has 1 aliphatic rings. The Hall–Kier alpha value is -0.120. The van der Waals surface area contributed by atoms with Gasteiger partial charge in [0.1, 0.15) is 0 Å². The molecule has 0 spiro atoms. The van der Waals surface area contributed by atoms with Gasteiger partial charge in [0.2, 0.25) is 0 Å². The van der Waals surface area contributed by atoms with Crippen LogP contribution < -0.4 is 5.73 Å². The van der Waals surface area contributed by atoms with E-state index in [0.29, 0.717) is 12.6 Å². The molecule has 2 unspecified atom stereocenters. The lowest BCUT2D eigenvalue weighted by Crippen LogP contribution is -2.31. The van der Waals surface area contributed by atoms with Crippen LogP contribution in [0, 0.1) is 0 Å². The average Bonchev–Trinajstić information content (AvgIpc) is 2.84. The molecule has 3 N–H and O–H groups in total. The maximum atomic E-state index is 9.04. The lowest BCUT2D eigenvalue weighted by atomic mass is 10.0. The van der Waals surface area contributed by atoms with Gasteiger partial charge in [-0.05, 0) is 39.2 Å². The zero-order chi connectivity index (χ0) is 14.6. The maximum absolute atomic E-state index is 9.04. The van der Waals surface area contributed by atoms with Crippen molar-refractivity contribution in [2.75, 3.05) is 19.7 Å². The first-order valence-electron chi connectivity index (χ1n) is 8.84. The summed E-state index contributed by atoms with van der Waals surface area (Å²) < 4.78 is 0. The second kappa shape index (κ2) is 11.5. The zero-order valence-electron chi connectivity index (χ0n) is 13.5. The first kappa shape index (κ1) is 17.9. The van der Waals surface area contributed by atoms with Crippen molar-refractivity contribution in [3.63, 3.8) is 0 Å². The molecular weight excluding hydrogens is 248 g/mol. The van der Waals surface area contributed by atoms with Crippen molar-refractivity contribution >= 4 is 0 Å². The van der Waals surface area contributed by atoms with E-state index in [9.17, 15) is 0 Å². The van der Waals surface area contributed by atoms with E-state index < -0.39 is 0 Å². The van der Waals surface area contributed by atoms with Crippen LogP contribution >= 0.6 is 0 Å². The summed E-state index contributed by atoms with van der Waals surface area (Å²) in [5.74, 6) is 0. The minimum atomic E-state index is 0.317. The van der Waals surface area contributed by atoms with Gasteiger partial charge in [-0.3, -0.25) is 4.90 Å². The highest BCUT2D eigenvalue weighted by molar-refractivity contribution is 4.78. The van der Waals surface area contributed by atoms with Gasteiger partial charge in [-0.1, -0.05) is 44.9 Å². The van der Waals surface area contributed by atoms with Gasteiger partial charge in [0.15, 0.2) is 0 Å². The van der Waals surface area contributed by atoms with Crippen molar-refractivity contribution in [2.45, 2.75) is 89.6 Å². The van der Waals surface area contributed by atoms with Gasteiger partial charge in [0.25, 0.3) is 0 Å². The molecule has 0 saturated carbocycles. The summed E-state index contributed by atoms with van der Waals surface area (Å²) in [5.41, 5.74) is 5.75. The van der Waals surface area contributed by atoms with Gasteiger partial charge < -0.3 is 10.8 Å². The average molecular weight is 284 g/mol. The van der Waals surface area contributed by atoms with Gasteiger partial charge >= 0.3 is 0 Å². The molecule has 0 aliphatic carbocycles. The normalized spacial score (nSPS) is 21.4. The summed E-state index contributed by atoms with van der Waals surface area (Å²) in [6, 6.07) is 1.14. The van der Waals surface area contributed by atoms with Gasteiger partial charge in [-0.15, -0.1) is 0 Å². The Balaban J connectivity index is 1.87. The molecule has 1 saturated heterocycles. The third kappa shape index (κ3) is 8.23. The van der Waals surface area contributed by atoms with Crippen LogP contribution in [0.5, 0.6) is 0 Å². The second-order valence-electron chi connectivity index (χ2n) is 6.59. The molecule has 120 valence electrons. The van der Waals surface area contributed by atoms with E-state index in [2.05, 4.69) is 11.8 Å². The number of likely N-dealkylation sites (tertiary alicyclic amines) is 1. The number of hydrogen-bond donors (Lipinski definition) is 2. The van der Waals surface area contributed by atoms with E-state index in [1.54, 1.807) is 0 Å². The van der Waals surface area contributed by atoms with E-state index in [1.165, 1.54) is 77.2 Å². The number of aliphatic hydroxyl groups is 1. The van der Waals surface area contributed by atoms with Crippen molar-refractivity contribution in [1.82, 2.24) is 4.90 Å². The van der Waals surface area contributed by atoms with Crippen LogP contribution in [0.4, 0.5) is 0 Å². The SMILES string of the molecule is CC(N)CCCCCCCCCC1CCCN1CCO. The molecule has 1 rings (SSSR count). The lowest BCUT2D eigenvalue weighted by molar-refractivity contribution is 0.177. The Morgan fingerprint density at radius 1 is 1.10 bits per heavy atom. The fraction of sp³-hybridized carbons (Fsp3) is 1.00. The minimum absolute atomic E-state index is 0.317. The third-order valence-electron chi connectivity index (χ3n) is 4.58. The number of nitrogens with zero attached hydrogens (tertiary/aromatic N) is 1. The predicted molar refractivity (Wildman–Crippen MR) is 86.9 cm³/mol. The summed E-state index contributed by atoms with van der Waals surface area (Å²) in [7, 11) is 0. The van der Waals surface area contributed by atoms with Crippen molar-refractivity contribution in [3.05, 3.63) is 0 Å². The van der Waals surface area contributed by atoms with Crippen LogP contribution in [0.25, 0.3) is 0 Å². The van der Waals surface area contributed by atoms with E-state index in [1.807, 2.05) is 0 Å². The van der Waals surface area contributed by atoms with E-state index >= 15 is 0 Å². The Morgan fingerprint density at radius 2 is 1.75 bits per heavy atom. The molecule has 3 nitrogen and oxygen atoms in total. The lowest BCUT2D eigenvalue weighted by Gasteiger charge is -2.23. The number of β-amino-alcohol motifs (C(OH)–C–C–N with tert-alkyl or cyclic N) is 1. The molecule has 1 fully saturated rings. The summed E-state index contributed by atoms with van der Waals surface area (Å²) >= 11 is 0. The molecular formula is C17H36N2O. The molecule has 1 aliphatic heterocycles. The summed E-state index contributed by atoms with van der Waals surface area (Å²) in [6.45, 7) is 4.50. The van der Waals surface area contributed by atoms with Crippen LogP contribution in [0.1, 0.15) is 77.6 Å². The first-order valence-corrected chi connectivity index (χ1v) is 8.84. The highest BCUT2D eigenvalue weighted by atomic mass is 16.3. The van der Waals surface area contributed by atoms with Crippen LogP contribution in [-0.2, 0) is 0 Å². The number of nitrogens with two attached hydrogens (primary N) is 1. The monoisotopic (exact) mass is 284 g/mol. The third-order valence-corrected chi connectivity index (χ3v) is 4.58. The van der Waals surface area contributed by atoms with Crippen molar-refractivity contribution in [3.8, 4) is 0 Å². The Morgan fingerprint density at radius 3 is 2.40 bits per heavy atom. The molecule has 3 heteroatoms. The smallest absolute Gasteiger partial charge is 0.0558 e. The van der Waals surface area contributed by atoms with Crippen LogP contribution in [-0.4, -0.2) is 41.8 Å². The summed E-state index contributed by atoms with van der Waals surface area (Å²) in [6.07, 6.45) is 14.8. The van der Waals surface area contributed by atoms with Crippen molar-refractivity contribution < 1.29 is 5.11 Å². The van der Waals surface area contributed by atoms with E-state index in [-0.39, 0.29) is 0 Å². The molecule has 20 heavy (non-hydrogen) atoms. The second-order valence-corrected chi connectivity index (χ2v) is 6.59. The van der Waals surface area contributed by atoms with E-state index in [4.69, 9.17) is 10.8 Å². The number of hydrogen-bond acceptors (Lipinski definition) is 3. The molecule has 0 aromatic carbocycles. The number of unbranched alkanes of at least 4 members (excludes halogenated alkanes) is 6. The Labute approximate surface area is 125 Å². The van der Waals surface area contributed by atoms with Crippen LogP contribution in [0.3, 0.4) is 0 Å². The van der Waals surface area contributed by atoms with Crippen molar-refractivity contribution in [1.29, 1.82) is 0 Å². The minimum Gasteiger partial charge on any atom is -0.395 e. The van der Waals surface area contributed by atoms with Gasteiger partial charge in [0.05, 0.1) is 6.61 Å². The highest BCUT2D eigenvalue weighted by Gasteiger charge is 2.22. The fourth-order valence-electron chi connectivity index (χ4n) is 3.38. The number of rotatable bonds is 12. The van der Waals surface area contributed by atoms with Crippen molar-refractivity contribution in [2.24, 2.45) is 5.73 Å². The van der Waals surface area contributed by atoms with Crippen LogP contribution in [0.2, 0.25) is 0 Å². The zero-order valence-corrected chi connectivity index (χ0v) is 13.5.